The van der Waals surface area contributed by atoms with Crippen molar-refractivity contribution in [2.45, 2.75) is 18.7 Å². The quantitative estimate of drug-likeness (QED) is 0.742. The van der Waals surface area contributed by atoms with Gasteiger partial charge in [-0.2, -0.15) is 5.10 Å². The molecule has 0 aliphatic heterocycles. The lowest BCUT2D eigenvalue weighted by molar-refractivity contribution is 0.600. The van der Waals surface area contributed by atoms with Crippen molar-refractivity contribution in [3.05, 3.63) is 41.2 Å². The summed E-state index contributed by atoms with van der Waals surface area (Å²) < 4.78 is 27.2. The van der Waals surface area contributed by atoms with Gasteiger partial charge in [-0.15, -0.1) is 0 Å². The Morgan fingerprint density at radius 2 is 2.10 bits per heavy atom. The first-order valence-corrected chi connectivity index (χ1v) is 7.64. The van der Waals surface area contributed by atoms with Crippen molar-refractivity contribution >= 4 is 32.9 Å². The second-order valence-electron chi connectivity index (χ2n) is 4.31. The van der Waals surface area contributed by atoms with Crippen LogP contribution < -0.4 is 10.5 Å². The topological polar surface area (TPSA) is 101 Å². The van der Waals surface area contributed by atoms with Crippen LogP contribution in [0.15, 0.2) is 29.2 Å². The molecule has 0 aliphatic carbocycles. The van der Waals surface area contributed by atoms with Crippen LogP contribution in [0.2, 0.25) is 0 Å². The zero-order valence-electron chi connectivity index (χ0n) is 11.0. The molecule has 0 amide bonds. The highest BCUT2D eigenvalue weighted by molar-refractivity contribution is 7.92. The van der Waals surface area contributed by atoms with E-state index in [2.05, 4.69) is 14.9 Å². The maximum Gasteiger partial charge on any atom is 0.265 e. The Morgan fingerprint density at radius 1 is 1.40 bits per heavy atom. The maximum atomic E-state index is 12.4. The molecule has 106 valence electrons. The molecule has 8 heteroatoms. The average Bonchev–Trinajstić information content (AvgIpc) is 2.69. The number of aromatic nitrogens is 2. The number of nitrogens with two attached hydrogens (primary N) is 1. The van der Waals surface area contributed by atoms with Gasteiger partial charge in [-0.3, -0.25) is 9.82 Å². The molecule has 2 rings (SSSR count). The van der Waals surface area contributed by atoms with Crippen LogP contribution in [0, 0.1) is 13.8 Å². The molecule has 1 aromatic carbocycles. The zero-order valence-corrected chi connectivity index (χ0v) is 12.6. The van der Waals surface area contributed by atoms with E-state index in [4.69, 9.17) is 18.0 Å². The van der Waals surface area contributed by atoms with Crippen molar-refractivity contribution in [1.82, 2.24) is 10.2 Å². The number of sulfonamides is 1. The average molecular weight is 310 g/mol. The number of anilines is 1. The third kappa shape index (κ3) is 2.81. The van der Waals surface area contributed by atoms with Gasteiger partial charge in [0.2, 0.25) is 0 Å². The molecule has 1 heterocycles. The predicted octanol–water partition coefficient (Wildman–Crippen LogP) is 1.46. The fraction of sp³-hybridized carbons (Fsp3) is 0.167. The van der Waals surface area contributed by atoms with Gasteiger partial charge >= 0.3 is 0 Å². The minimum absolute atomic E-state index is 0.151. The molecule has 6 nitrogen and oxygen atoms in total. The molecule has 0 saturated carbocycles. The molecule has 0 atom stereocenters. The van der Waals surface area contributed by atoms with Crippen molar-refractivity contribution in [2.24, 2.45) is 5.73 Å². The SMILES string of the molecule is Cc1n[nH]c(C)c1S(=O)(=O)Nc1cccc(C(N)=S)c1. The summed E-state index contributed by atoms with van der Waals surface area (Å²) in [6, 6.07) is 6.62. The summed E-state index contributed by atoms with van der Waals surface area (Å²) >= 11 is 4.87. The number of benzene rings is 1. The molecular formula is C12H14N4O2S2. The first-order chi connectivity index (χ1) is 9.31. The predicted molar refractivity (Wildman–Crippen MR) is 81.2 cm³/mol. The molecule has 0 bridgehead atoms. The van der Waals surface area contributed by atoms with Gasteiger partial charge in [0.05, 0.1) is 11.4 Å². The molecule has 0 radical (unpaired) electrons. The standard InChI is InChI=1S/C12H14N4O2S2/c1-7-11(8(2)15-14-7)20(17,18)16-10-5-3-4-9(6-10)12(13)19/h3-6,16H,1-2H3,(H2,13,19)(H,14,15). The molecule has 20 heavy (non-hydrogen) atoms. The van der Waals surface area contributed by atoms with Crippen LogP contribution in [-0.4, -0.2) is 23.6 Å². The monoisotopic (exact) mass is 310 g/mol. The lowest BCUT2D eigenvalue weighted by Crippen LogP contribution is -2.15. The van der Waals surface area contributed by atoms with E-state index in [1.165, 1.54) is 0 Å². The van der Waals surface area contributed by atoms with Gasteiger partial charge in [0.1, 0.15) is 9.88 Å². The van der Waals surface area contributed by atoms with Crippen LogP contribution in [-0.2, 0) is 10.0 Å². The first-order valence-electron chi connectivity index (χ1n) is 5.75. The Hall–Kier alpha value is -1.93. The summed E-state index contributed by atoms with van der Waals surface area (Å²) in [7, 11) is -3.70. The number of aryl methyl sites for hydroxylation is 2. The van der Waals surface area contributed by atoms with Gasteiger partial charge in [0.25, 0.3) is 10.0 Å². The third-order valence-electron chi connectivity index (χ3n) is 2.73. The number of hydrogen-bond acceptors (Lipinski definition) is 4. The van der Waals surface area contributed by atoms with E-state index < -0.39 is 10.0 Å². The highest BCUT2D eigenvalue weighted by atomic mass is 32.2. The summed E-state index contributed by atoms with van der Waals surface area (Å²) in [4.78, 5) is 0.361. The molecule has 2 aromatic rings. The summed E-state index contributed by atoms with van der Waals surface area (Å²) in [6.45, 7) is 3.28. The normalized spacial score (nSPS) is 11.3. The number of aromatic amines is 1. The van der Waals surface area contributed by atoms with Crippen molar-refractivity contribution in [3.8, 4) is 0 Å². The minimum Gasteiger partial charge on any atom is -0.389 e. The Labute approximate surface area is 122 Å². The maximum absolute atomic E-state index is 12.4. The highest BCUT2D eigenvalue weighted by Crippen LogP contribution is 2.21. The lowest BCUT2D eigenvalue weighted by Gasteiger charge is -2.09. The van der Waals surface area contributed by atoms with E-state index in [1.54, 1.807) is 38.1 Å². The van der Waals surface area contributed by atoms with E-state index in [9.17, 15) is 8.42 Å². The lowest BCUT2D eigenvalue weighted by atomic mass is 10.2. The number of nitrogens with zero attached hydrogens (tertiary/aromatic N) is 1. The van der Waals surface area contributed by atoms with Gasteiger partial charge in [-0.05, 0) is 26.0 Å². The number of nitrogens with one attached hydrogen (secondary N) is 2. The summed E-state index contributed by atoms with van der Waals surface area (Å²) in [5.41, 5.74) is 7.43. The molecule has 0 unspecified atom stereocenters. The molecule has 0 saturated heterocycles. The molecule has 1 aromatic heterocycles. The van der Waals surface area contributed by atoms with Crippen LogP contribution in [0.3, 0.4) is 0 Å². The van der Waals surface area contributed by atoms with E-state index >= 15 is 0 Å². The largest absolute Gasteiger partial charge is 0.389 e. The van der Waals surface area contributed by atoms with E-state index in [1.807, 2.05) is 0 Å². The molecule has 0 spiro atoms. The Balaban J connectivity index is 2.39. The van der Waals surface area contributed by atoms with E-state index in [0.29, 0.717) is 22.6 Å². The van der Waals surface area contributed by atoms with Crippen molar-refractivity contribution < 1.29 is 8.42 Å². The van der Waals surface area contributed by atoms with Gasteiger partial charge < -0.3 is 5.73 Å². The van der Waals surface area contributed by atoms with Crippen molar-refractivity contribution in [1.29, 1.82) is 0 Å². The Morgan fingerprint density at radius 3 is 2.65 bits per heavy atom. The summed E-state index contributed by atoms with van der Waals surface area (Å²) in [5, 5.41) is 6.53. The van der Waals surface area contributed by atoms with E-state index in [-0.39, 0.29) is 9.88 Å². The number of rotatable bonds is 4. The van der Waals surface area contributed by atoms with E-state index in [0.717, 1.165) is 0 Å². The van der Waals surface area contributed by atoms with Crippen LogP contribution in [0.25, 0.3) is 0 Å². The van der Waals surface area contributed by atoms with Gasteiger partial charge in [0, 0.05) is 11.3 Å². The van der Waals surface area contributed by atoms with Crippen LogP contribution in [0.4, 0.5) is 5.69 Å². The smallest absolute Gasteiger partial charge is 0.265 e. The second-order valence-corrected chi connectivity index (χ2v) is 6.37. The molecule has 0 fully saturated rings. The van der Waals surface area contributed by atoms with Crippen LogP contribution in [0.1, 0.15) is 17.0 Å². The second kappa shape index (κ2) is 5.22. The van der Waals surface area contributed by atoms with Gasteiger partial charge in [-0.25, -0.2) is 8.42 Å². The number of H-pyrrole nitrogens is 1. The first kappa shape index (κ1) is 14.5. The summed E-state index contributed by atoms with van der Waals surface area (Å²) in [6.07, 6.45) is 0. The van der Waals surface area contributed by atoms with Gasteiger partial charge in [0.15, 0.2) is 0 Å². The summed E-state index contributed by atoms with van der Waals surface area (Å²) in [5.74, 6) is 0. The highest BCUT2D eigenvalue weighted by Gasteiger charge is 2.22. The van der Waals surface area contributed by atoms with Crippen LogP contribution in [0.5, 0.6) is 0 Å². The minimum atomic E-state index is -3.70. The van der Waals surface area contributed by atoms with Gasteiger partial charge in [-0.1, -0.05) is 24.4 Å². The number of hydrogen-bond donors (Lipinski definition) is 3. The van der Waals surface area contributed by atoms with Crippen molar-refractivity contribution in [3.63, 3.8) is 0 Å². The Kier molecular flexibility index (Phi) is 3.78. The zero-order chi connectivity index (χ0) is 14.9. The Bertz CT molecular complexity index is 746. The van der Waals surface area contributed by atoms with Crippen molar-refractivity contribution in [2.75, 3.05) is 4.72 Å². The third-order valence-corrected chi connectivity index (χ3v) is 4.61. The fourth-order valence-corrected chi connectivity index (χ4v) is 3.43. The fourth-order valence-electron chi connectivity index (χ4n) is 1.88. The number of thiocarbonyl (C=S) groups is 1. The van der Waals surface area contributed by atoms with Crippen LogP contribution >= 0.6 is 12.2 Å². The molecule has 4 N–H and O–H groups in total. The molecule has 0 aliphatic rings. The molecular weight excluding hydrogens is 296 g/mol.